The molecule has 3 nitrogen and oxygen atoms in total. The molecule has 0 spiro atoms. The molecule has 1 fully saturated rings. The van der Waals surface area contributed by atoms with Crippen LogP contribution in [0.15, 0.2) is 24.3 Å². The molecule has 1 saturated carbocycles. The van der Waals surface area contributed by atoms with E-state index in [1.165, 1.54) is 24.8 Å². The molecule has 0 aromatic heterocycles. The van der Waals surface area contributed by atoms with Crippen molar-refractivity contribution in [3.63, 3.8) is 0 Å². The van der Waals surface area contributed by atoms with Gasteiger partial charge in [0.1, 0.15) is 12.4 Å². The van der Waals surface area contributed by atoms with Crippen LogP contribution in [0.2, 0.25) is 0 Å². The zero-order chi connectivity index (χ0) is 12.8. The number of benzene rings is 1. The number of nitrogens with one attached hydrogen (secondary N) is 1. The summed E-state index contributed by atoms with van der Waals surface area (Å²) in [6.07, 6.45) is 4.10. The van der Waals surface area contributed by atoms with E-state index >= 15 is 0 Å². The van der Waals surface area contributed by atoms with Gasteiger partial charge in [-0.1, -0.05) is 24.6 Å². The monoisotopic (exact) mass is 248 g/mol. The Morgan fingerprint density at radius 2 is 2.11 bits per heavy atom. The third-order valence-corrected chi connectivity index (χ3v) is 3.74. The van der Waals surface area contributed by atoms with Gasteiger partial charge in [0.05, 0.1) is 0 Å². The van der Waals surface area contributed by atoms with Gasteiger partial charge < -0.3 is 15.0 Å². The molecule has 18 heavy (non-hydrogen) atoms. The largest absolute Gasteiger partial charge is 0.492 e. The lowest BCUT2D eigenvalue weighted by atomic mass is 9.92. The number of likely N-dealkylation sites (N-methyl/N-ethyl adjacent to an activating group) is 1. The van der Waals surface area contributed by atoms with Gasteiger partial charge in [-0.2, -0.15) is 0 Å². The summed E-state index contributed by atoms with van der Waals surface area (Å²) >= 11 is 0. The van der Waals surface area contributed by atoms with Crippen molar-refractivity contribution in [2.45, 2.75) is 31.8 Å². The lowest BCUT2D eigenvalue weighted by Gasteiger charge is -2.34. The van der Waals surface area contributed by atoms with Crippen LogP contribution in [0.5, 0.6) is 5.75 Å². The number of ether oxygens (including phenoxy) is 1. The minimum atomic E-state index is 0.772. The summed E-state index contributed by atoms with van der Waals surface area (Å²) in [6.45, 7) is 2.64. The average Bonchev–Trinajstić information content (AvgIpc) is 2.29. The van der Waals surface area contributed by atoms with Crippen molar-refractivity contribution >= 4 is 0 Å². The molecule has 3 heteroatoms. The minimum absolute atomic E-state index is 0.772. The molecule has 0 saturated heterocycles. The highest BCUT2D eigenvalue weighted by molar-refractivity contribution is 5.33. The van der Waals surface area contributed by atoms with Crippen molar-refractivity contribution in [1.29, 1.82) is 0 Å². The van der Waals surface area contributed by atoms with Crippen LogP contribution in [0.4, 0.5) is 0 Å². The number of nitrogens with zero attached hydrogens (tertiary/aromatic N) is 1. The van der Waals surface area contributed by atoms with Crippen LogP contribution in [0.25, 0.3) is 0 Å². The summed E-state index contributed by atoms with van der Waals surface area (Å²) in [7, 11) is 4.16. The molecule has 1 aliphatic rings. The highest BCUT2D eigenvalue weighted by Crippen LogP contribution is 2.23. The van der Waals surface area contributed by atoms with Crippen LogP contribution in [0.1, 0.15) is 24.8 Å². The molecular weight excluding hydrogens is 224 g/mol. The maximum Gasteiger partial charge on any atom is 0.123 e. The van der Waals surface area contributed by atoms with E-state index in [0.29, 0.717) is 0 Å². The van der Waals surface area contributed by atoms with Gasteiger partial charge in [0.2, 0.25) is 0 Å². The van der Waals surface area contributed by atoms with Crippen LogP contribution < -0.4 is 10.1 Å². The summed E-state index contributed by atoms with van der Waals surface area (Å²) in [6, 6.07) is 9.04. The van der Waals surface area contributed by atoms with E-state index < -0.39 is 0 Å². The van der Waals surface area contributed by atoms with E-state index in [9.17, 15) is 0 Å². The first-order valence-corrected chi connectivity index (χ1v) is 6.87. The van der Waals surface area contributed by atoms with Gasteiger partial charge in [-0.15, -0.1) is 0 Å². The van der Waals surface area contributed by atoms with Crippen LogP contribution in [-0.4, -0.2) is 38.2 Å². The van der Waals surface area contributed by atoms with Gasteiger partial charge in [0, 0.05) is 24.7 Å². The maximum atomic E-state index is 5.90. The topological polar surface area (TPSA) is 24.5 Å². The van der Waals surface area contributed by atoms with Crippen molar-refractivity contribution in [1.82, 2.24) is 10.2 Å². The van der Waals surface area contributed by atoms with Gasteiger partial charge >= 0.3 is 0 Å². The van der Waals surface area contributed by atoms with Crippen molar-refractivity contribution in [2.24, 2.45) is 0 Å². The predicted molar refractivity (Wildman–Crippen MR) is 75.0 cm³/mol. The predicted octanol–water partition coefficient (Wildman–Crippen LogP) is 2.27. The lowest BCUT2D eigenvalue weighted by Crippen LogP contribution is -2.39. The SMILES string of the molecule is CNCc1ccccc1OCCN(C)C1CCC1. The smallest absolute Gasteiger partial charge is 0.123 e. The third kappa shape index (κ3) is 3.47. The number of hydrogen-bond donors (Lipinski definition) is 1. The Morgan fingerprint density at radius 1 is 1.33 bits per heavy atom. The molecule has 0 bridgehead atoms. The van der Waals surface area contributed by atoms with Crippen molar-refractivity contribution < 1.29 is 4.74 Å². The standard InChI is InChI=1S/C15H24N2O/c1-16-12-13-6-3-4-9-15(13)18-11-10-17(2)14-7-5-8-14/h3-4,6,9,14,16H,5,7-8,10-12H2,1-2H3. The number of rotatable bonds is 7. The Hall–Kier alpha value is -1.06. The molecule has 1 aromatic rings. The number of hydrogen-bond acceptors (Lipinski definition) is 3. The third-order valence-electron chi connectivity index (χ3n) is 3.74. The molecule has 100 valence electrons. The Balaban J connectivity index is 1.78. The molecule has 0 atom stereocenters. The fourth-order valence-corrected chi connectivity index (χ4v) is 2.29. The first-order valence-electron chi connectivity index (χ1n) is 6.87. The second-order valence-corrected chi connectivity index (χ2v) is 5.05. The molecule has 0 aliphatic heterocycles. The normalized spacial score (nSPS) is 15.7. The van der Waals surface area contributed by atoms with E-state index in [2.05, 4.69) is 35.5 Å². The van der Waals surface area contributed by atoms with Crippen LogP contribution in [0.3, 0.4) is 0 Å². The molecule has 1 N–H and O–H groups in total. The van der Waals surface area contributed by atoms with Crippen molar-refractivity contribution in [3.8, 4) is 5.75 Å². The van der Waals surface area contributed by atoms with E-state index in [4.69, 9.17) is 4.74 Å². The second-order valence-electron chi connectivity index (χ2n) is 5.05. The highest BCUT2D eigenvalue weighted by Gasteiger charge is 2.21. The molecule has 0 radical (unpaired) electrons. The summed E-state index contributed by atoms with van der Waals surface area (Å²) < 4.78 is 5.90. The highest BCUT2D eigenvalue weighted by atomic mass is 16.5. The number of para-hydroxylation sites is 1. The zero-order valence-electron chi connectivity index (χ0n) is 11.5. The summed E-state index contributed by atoms with van der Waals surface area (Å²) in [5.74, 6) is 1.01. The van der Waals surface area contributed by atoms with E-state index in [-0.39, 0.29) is 0 Å². The quantitative estimate of drug-likeness (QED) is 0.801. The lowest BCUT2D eigenvalue weighted by molar-refractivity contribution is 0.135. The Morgan fingerprint density at radius 3 is 2.78 bits per heavy atom. The first kappa shape index (κ1) is 13.4. The molecular formula is C15H24N2O. The Kier molecular flexibility index (Phi) is 5.02. The first-order chi connectivity index (χ1) is 8.81. The van der Waals surface area contributed by atoms with Gasteiger partial charge in [-0.25, -0.2) is 0 Å². The van der Waals surface area contributed by atoms with Crippen LogP contribution in [0, 0.1) is 0 Å². The van der Waals surface area contributed by atoms with Gasteiger partial charge in [-0.3, -0.25) is 0 Å². The summed E-state index contributed by atoms with van der Waals surface area (Å²) in [4.78, 5) is 2.42. The van der Waals surface area contributed by atoms with E-state index in [0.717, 1.165) is 31.5 Å². The molecule has 0 amide bonds. The van der Waals surface area contributed by atoms with Gasteiger partial charge in [0.25, 0.3) is 0 Å². The minimum Gasteiger partial charge on any atom is -0.492 e. The Bertz CT molecular complexity index is 363. The average molecular weight is 248 g/mol. The molecule has 1 aromatic carbocycles. The zero-order valence-corrected chi connectivity index (χ0v) is 11.5. The van der Waals surface area contributed by atoms with Gasteiger partial charge in [0.15, 0.2) is 0 Å². The second kappa shape index (κ2) is 6.76. The van der Waals surface area contributed by atoms with E-state index in [1.807, 2.05) is 13.1 Å². The molecule has 0 unspecified atom stereocenters. The fraction of sp³-hybridized carbons (Fsp3) is 0.600. The Labute approximate surface area is 110 Å². The fourth-order valence-electron chi connectivity index (χ4n) is 2.29. The summed E-state index contributed by atoms with van der Waals surface area (Å²) in [5, 5.41) is 3.17. The molecule has 2 rings (SSSR count). The van der Waals surface area contributed by atoms with Crippen molar-refractivity contribution in [3.05, 3.63) is 29.8 Å². The maximum absolute atomic E-state index is 5.90. The van der Waals surface area contributed by atoms with Crippen molar-refractivity contribution in [2.75, 3.05) is 27.2 Å². The molecule has 0 heterocycles. The molecule has 1 aliphatic carbocycles. The van der Waals surface area contributed by atoms with Gasteiger partial charge in [-0.05, 0) is 33.0 Å². The van der Waals surface area contributed by atoms with Crippen LogP contribution >= 0.6 is 0 Å². The van der Waals surface area contributed by atoms with E-state index in [1.54, 1.807) is 0 Å². The van der Waals surface area contributed by atoms with Crippen LogP contribution in [-0.2, 0) is 6.54 Å². The summed E-state index contributed by atoms with van der Waals surface area (Å²) in [5.41, 5.74) is 1.23.